The van der Waals surface area contributed by atoms with Crippen LogP contribution in [0.5, 0.6) is 0 Å². The molecule has 0 saturated heterocycles. The Labute approximate surface area is 347 Å². The van der Waals surface area contributed by atoms with E-state index in [0.717, 1.165) is 17.8 Å². The zero-order valence-corrected chi connectivity index (χ0v) is 33.4. The van der Waals surface area contributed by atoms with Crippen molar-refractivity contribution in [3.63, 3.8) is 0 Å². The molecule has 7 aromatic rings. The molecule has 0 N–H and O–H groups in total. The lowest BCUT2D eigenvalue weighted by Crippen LogP contribution is -2.61. The summed E-state index contributed by atoms with van der Waals surface area (Å²) in [6.07, 6.45) is 10.9. The summed E-state index contributed by atoms with van der Waals surface area (Å²) in [6.45, 7) is 0.116. The molecule has 2 nitrogen and oxygen atoms in total. The minimum absolute atomic E-state index is 0.108. The molecule has 4 fully saturated rings. The summed E-state index contributed by atoms with van der Waals surface area (Å²) in [6, 6.07) is 59.6. The molecule has 1 unspecified atom stereocenters. The third kappa shape index (κ3) is 3.80. The van der Waals surface area contributed by atoms with E-state index in [1.165, 1.54) is 124 Å². The summed E-state index contributed by atoms with van der Waals surface area (Å²) in [4.78, 5) is 5.24. The van der Waals surface area contributed by atoms with Crippen molar-refractivity contribution in [2.75, 3.05) is 9.80 Å². The maximum absolute atomic E-state index is 2.73. The van der Waals surface area contributed by atoms with Crippen LogP contribution in [-0.4, -0.2) is 6.71 Å². The Morgan fingerprint density at radius 1 is 0.407 bits per heavy atom. The van der Waals surface area contributed by atoms with Crippen molar-refractivity contribution in [1.29, 1.82) is 0 Å². The maximum atomic E-state index is 2.73. The van der Waals surface area contributed by atoms with Crippen LogP contribution in [0, 0.1) is 23.7 Å². The average molecular weight is 757 g/mol. The molecule has 3 heteroatoms. The molecule has 0 amide bonds. The molecule has 15 rings (SSSR count). The first kappa shape index (κ1) is 32.1. The second kappa shape index (κ2) is 11.1. The van der Waals surface area contributed by atoms with Crippen LogP contribution in [0.3, 0.4) is 0 Å². The summed E-state index contributed by atoms with van der Waals surface area (Å²) in [5, 5.41) is 0. The standard InChI is InChI=1S/C56H45BN2/c1-2-11-38(12-3-1)58-50-18-9-8-17-48(50)57-49-30-43-41-14-5-7-16-45(41)56(33-35-22-24-37(56)28-35)47(43)31-53(49)59(52-20-10-19-51(58)54(52)57)39-25-26-46-42(29-39)40-13-4-6-15-44(40)55(46)32-34-21-23-36(55)27-34/h1-20,25-26,29-31,34-37H,21-24,27-28,32-33H2/t34-,35-,36?,37+,55-,56+/m1/s1. The van der Waals surface area contributed by atoms with Gasteiger partial charge in [-0.25, -0.2) is 0 Å². The third-order valence-electron chi connectivity index (χ3n) is 17.4. The molecule has 2 aliphatic heterocycles. The van der Waals surface area contributed by atoms with Gasteiger partial charge in [0.2, 0.25) is 0 Å². The lowest BCUT2D eigenvalue weighted by molar-refractivity contribution is 0.327. The Morgan fingerprint density at radius 3 is 1.66 bits per heavy atom. The third-order valence-corrected chi connectivity index (χ3v) is 17.4. The van der Waals surface area contributed by atoms with Gasteiger partial charge in [-0.3, -0.25) is 0 Å². The molecule has 6 atom stereocenters. The molecule has 59 heavy (non-hydrogen) atoms. The lowest BCUT2D eigenvalue weighted by Gasteiger charge is -2.45. The first-order valence-electron chi connectivity index (χ1n) is 22.6. The summed E-state index contributed by atoms with van der Waals surface area (Å²) < 4.78 is 0. The first-order valence-corrected chi connectivity index (χ1v) is 22.6. The van der Waals surface area contributed by atoms with Crippen molar-refractivity contribution < 1.29 is 0 Å². The Morgan fingerprint density at radius 2 is 0.983 bits per heavy atom. The van der Waals surface area contributed by atoms with E-state index in [1.54, 1.807) is 22.3 Å². The second-order valence-corrected chi connectivity index (χ2v) is 19.6. The molecule has 6 aliphatic carbocycles. The number of benzene rings is 7. The molecule has 0 aromatic heterocycles. The first-order chi connectivity index (χ1) is 29.2. The Balaban J connectivity index is 1.02. The normalized spacial score (nSPS) is 27.5. The van der Waals surface area contributed by atoms with E-state index in [4.69, 9.17) is 0 Å². The number of nitrogens with zero attached hydrogens (tertiary/aromatic N) is 2. The van der Waals surface area contributed by atoms with Gasteiger partial charge in [-0.2, -0.15) is 0 Å². The van der Waals surface area contributed by atoms with E-state index in [-0.39, 0.29) is 17.5 Å². The fourth-order valence-corrected chi connectivity index (χ4v) is 15.4. The molecule has 2 spiro atoms. The minimum Gasteiger partial charge on any atom is -0.311 e. The fourth-order valence-electron chi connectivity index (χ4n) is 15.4. The van der Waals surface area contributed by atoms with Crippen LogP contribution in [0.15, 0.2) is 152 Å². The fraction of sp³-hybridized carbons (Fsp3) is 0.250. The number of hydrogen-bond donors (Lipinski definition) is 0. The van der Waals surface area contributed by atoms with E-state index in [0.29, 0.717) is 5.92 Å². The smallest absolute Gasteiger partial charge is 0.252 e. The average Bonchev–Trinajstić information content (AvgIpc) is 4.17. The number of anilines is 6. The summed E-state index contributed by atoms with van der Waals surface area (Å²) in [5.74, 6) is 3.16. The number of fused-ring (bicyclic) bond motifs is 20. The van der Waals surface area contributed by atoms with Crippen LogP contribution in [-0.2, 0) is 10.8 Å². The van der Waals surface area contributed by atoms with Gasteiger partial charge in [0.15, 0.2) is 0 Å². The molecule has 0 radical (unpaired) electrons. The van der Waals surface area contributed by atoms with E-state index in [9.17, 15) is 0 Å². The van der Waals surface area contributed by atoms with Crippen LogP contribution >= 0.6 is 0 Å². The Hall–Kier alpha value is -5.80. The summed E-state index contributed by atoms with van der Waals surface area (Å²) in [5.41, 5.74) is 24.5. The van der Waals surface area contributed by atoms with Crippen molar-refractivity contribution in [3.05, 3.63) is 174 Å². The van der Waals surface area contributed by atoms with Crippen LogP contribution in [0.25, 0.3) is 22.3 Å². The number of para-hydroxylation sites is 2. The van der Waals surface area contributed by atoms with Crippen molar-refractivity contribution in [1.82, 2.24) is 0 Å². The quantitative estimate of drug-likeness (QED) is 0.162. The Kier molecular flexibility index (Phi) is 6.02. The molecule has 4 bridgehead atoms. The van der Waals surface area contributed by atoms with Gasteiger partial charge in [0.1, 0.15) is 0 Å². The molecule has 2 heterocycles. The zero-order valence-electron chi connectivity index (χ0n) is 33.4. The SMILES string of the molecule is c1ccc(N2c3ccccc3B3c4cc5c(cc4N(c4ccc6c(c4)-c4ccccc4[C@]64C[C@@H]6CCC4C6)c4cccc2c43)[C@]2(C[C@@H]3CC[C@H]2C3)c2ccccc2-5)cc1. The highest BCUT2D eigenvalue weighted by atomic mass is 15.2. The van der Waals surface area contributed by atoms with Crippen molar-refractivity contribution in [3.8, 4) is 22.3 Å². The van der Waals surface area contributed by atoms with Gasteiger partial charge in [0, 0.05) is 45.0 Å². The van der Waals surface area contributed by atoms with E-state index < -0.39 is 0 Å². The van der Waals surface area contributed by atoms with Crippen LogP contribution in [0.1, 0.15) is 73.6 Å². The van der Waals surface area contributed by atoms with E-state index >= 15 is 0 Å². The van der Waals surface area contributed by atoms with Gasteiger partial charge in [0.25, 0.3) is 6.71 Å². The maximum Gasteiger partial charge on any atom is 0.252 e. The highest BCUT2D eigenvalue weighted by Crippen LogP contribution is 2.68. The van der Waals surface area contributed by atoms with Gasteiger partial charge in [0.05, 0.1) is 0 Å². The minimum atomic E-state index is 0.108. The van der Waals surface area contributed by atoms with Crippen molar-refractivity contribution >= 4 is 57.2 Å². The second-order valence-electron chi connectivity index (χ2n) is 19.6. The van der Waals surface area contributed by atoms with Crippen LogP contribution in [0.2, 0.25) is 0 Å². The van der Waals surface area contributed by atoms with Crippen LogP contribution in [0.4, 0.5) is 34.1 Å². The highest BCUT2D eigenvalue weighted by molar-refractivity contribution is 7.00. The van der Waals surface area contributed by atoms with E-state index in [2.05, 4.69) is 161 Å². The monoisotopic (exact) mass is 756 g/mol. The number of rotatable bonds is 2. The molecule has 7 aromatic carbocycles. The van der Waals surface area contributed by atoms with Gasteiger partial charge in [-0.1, -0.05) is 116 Å². The largest absolute Gasteiger partial charge is 0.311 e. The molecular weight excluding hydrogens is 711 g/mol. The summed E-state index contributed by atoms with van der Waals surface area (Å²) in [7, 11) is 0. The topological polar surface area (TPSA) is 6.48 Å². The predicted molar refractivity (Wildman–Crippen MR) is 244 cm³/mol. The van der Waals surface area contributed by atoms with Crippen molar-refractivity contribution in [2.45, 2.75) is 62.2 Å². The number of hydrogen-bond acceptors (Lipinski definition) is 2. The van der Waals surface area contributed by atoms with Gasteiger partial charge < -0.3 is 9.80 Å². The highest BCUT2D eigenvalue weighted by Gasteiger charge is 2.59. The van der Waals surface area contributed by atoms with Gasteiger partial charge in [-0.15, -0.1) is 0 Å². The molecular formula is C56H45BN2. The van der Waals surface area contributed by atoms with Gasteiger partial charge in [-0.05, 0) is 172 Å². The van der Waals surface area contributed by atoms with E-state index in [1.807, 2.05) is 0 Å². The van der Waals surface area contributed by atoms with Gasteiger partial charge >= 0.3 is 0 Å². The zero-order chi connectivity index (χ0) is 38.2. The van der Waals surface area contributed by atoms with Crippen LogP contribution < -0.4 is 26.2 Å². The lowest BCUT2D eigenvalue weighted by atomic mass is 9.33. The predicted octanol–water partition coefficient (Wildman–Crippen LogP) is 11.9. The molecule has 282 valence electrons. The summed E-state index contributed by atoms with van der Waals surface area (Å²) >= 11 is 0. The molecule has 8 aliphatic rings. The molecule has 4 saturated carbocycles. The Bertz CT molecular complexity index is 2990. The van der Waals surface area contributed by atoms with Crippen molar-refractivity contribution in [2.24, 2.45) is 23.7 Å².